The number of rotatable bonds is 6. The number of para-hydroxylation sites is 2. The van der Waals surface area contributed by atoms with Crippen LogP contribution in [-0.2, 0) is 13.1 Å². The van der Waals surface area contributed by atoms with Crippen LogP contribution in [0.5, 0.6) is 0 Å². The lowest BCUT2D eigenvalue weighted by molar-refractivity contribution is 0.900. The predicted molar refractivity (Wildman–Crippen MR) is 85.4 cm³/mol. The van der Waals surface area contributed by atoms with Crippen LogP contribution in [0.1, 0.15) is 18.1 Å². The summed E-state index contributed by atoms with van der Waals surface area (Å²) in [5.74, 6) is 0. The molecular weight excluding hydrogens is 248 g/mol. The van der Waals surface area contributed by atoms with Crippen molar-refractivity contribution in [2.24, 2.45) is 11.5 Å². The van der Waals surface area contributed by atoms with E-state index in [-0.39, 0.29) is 6.17 Å². The normalized spacial score (nSPS) is 10.6. The minimum absolute atomic E-state index is 0.0791. The third-order valence-corrected chi connectivity index (χ3v) is 3.22. The number of anilines is 2. The number of nitrogens with one attached hydrogen (secondary N) is 2. The van der Waals surface area contributed by atoms with E-state index in [9.17, 15) is 0 Å². The maximum Gasteiger partial charge on any atom is 0.0934 e. The Hall–Kier alpha value is -2.04. The van der Waals surface area contributed by atoms with Crippen LogP contribution < -0.4 is 22.1 Å². The zero-order valence-corrected chi connectivity index (χ0v) is 11.8. The lowest BCUT2D eigenvalue weighted by Crippen LogP contribution is -2.26. The molecule has 0 fully saturated rings. The minimum Gasteiger partial charge on any atom is -0.365 e. The van der Waals surface area contributed by atoms with Crippen LogP contribution in [0.15, 0.2) is 48.5 Å². The van der Waals surface area contributed by atoms with Gasteiger partial charge in [0.15, 0.2) is 0 Å². The van der Waals surface area contributed by atoms with Gasteiger partial charge in [-0.2, -0.15) is 0 Å². The molecule has 20 heavy (non-hydrogen) atoms. The molecule has 2 aromatic rings. The van der Waals surface area contributed by atoms with Crippen molar-refractivity contribution in [3.05, 3.63) is 59.7 Å². The summed E-state index contributed by atoms with van der Waals surface area (Å²) in [4.78, 5) is 0. The lowest BCUT2D eigenvalue weighted by Gasteiger charge is -2.21. The third kappa shape index (κ3) is 3.50. The number of nitrogens with two attached hydrogens (primary N) is 2. The van der Waals surface area contributed by atoms with Crippen molar-refractivity contribution in [2.45, 2.75) is 26.2 Å². The summed E-state index contributed by atoms with van der Waals surface area (Å²) in [6, 6.07) is 16.1. The van der Waals surface area contributed by atoms with Crippen molar-refractivity contribution in [3.63, 3.8) is 0 Å². The van der Waals surface area contributed by atoms with Crippen molar-refractivity contribution in [1.82, 2.24) is 0 Å². The van der Waals surface area contributed by atoms with E-state index in [0.29, 0.717) is 13.1 Å². The summed E-state index contributed by atoms with van der Waals surface area (Å²) < 4.78 is 0. The Morgan fingerprint density at radius 3 is 1.60 bits per heavy atom. The van der Waals surface area contributed by atoms with E-state index in [0.717, 1.165) is 22.5 Å². The average Bonchev–Trinajstić information content (AvgIpc) is 2.48. The second-order valence-corrected chi connectivity index (χ2v) is 4.73. The van der Waals surface area contributed by atoms with Crippen molar-refractivity contribution in [3.8, 4) is 0 Å². The molecule has 2 rings (SSSR count). The van der Waals surface area contributed by atoms with Crippen LogP contribution in [0.2, 0.25) is 0 Å². The first kappa shape index (κ1) is 14.4. The summed E-state index contributed by atoms with van der Waals surface area (Å²) in [6.07, 6.45) is 0.0791. The maximum atomic E-state index is 5.75. The van der Waals surface area contributed by atoms with Crippen molar-refractivity contribution >= 4 is 11.4 Å². The van der Waals surface area contributed by atoms with E-state index in [4.69, 9.17) is 11.5 Å². The van der Waals surface area contributed by atoms with Crippen LogP contribution in [0.3, 0.4) is 0 Å². The molecule has 0 saturated carbocycles. The van der Waals surface area contributed by atoms with Gasteiger partial charge < -0.3 is 22.1 Å². The highest BCUT2D eigenvalue weighted by Gasteiger charge is 2.06. The second-order valence-electron chi connectivity index (χ2n) is 4.73. The van der Waals surface area contributed by atoms with Crippen molar-refractivity contribution in [2.75, 3.05) is 10.6 Å². The SMILES string of the molecule is CC(Nc1ccccc1CN)Nc1ccccc1CN. The van der Waals surface area contributed by atoms with E-state index in [2.05, 4.69) is 17.6 Å². The molecule has 0 spiro atoms. The van der Waals surface area contributed by atoms with E-state index in [1.54, 1.807) is 0 Å². The van der Waals surface area contributed by atoms with Crippen molar-refractivity contribution < 1.29 is 0 Å². The van der Waals surface area contributed by atoms with Crippen LogP contribution in [0.4, 0.5) is 11.4 Å². The Kier molecular flexibility index (Phi) is 4.98. The molecule has 4 heteroatoms. The number of hydrogen-bond donors (Lipinski definition) is 4. The summed E-state index contributed by atoms with van der Waals surface area (Å²) in [5, 5.41) is 6.86. The molecule has 0 aliphatic carbocycles. The zero-order valence-electron chi connectivity index (χ0n) is 11.8. The van der Waals surface area contributed by atoms with Crippen LogP contribution in [0, 0.1) is 0 Å². The predicted octanol–water partition coefficient (Wildman–Crippen LogP) is 2.47. The largest absolute Gasteiger partial charge is 0.365 e. The van der Waals surface area contributed by atoms with Gasteiger partial charge in [0.05, 0.1) is 6.17 Å². The van der Waals surface area contributed by atoms with Gasteiger partial charge in [0.25, 0.3) is 0 Å². The van der Waals surface area contributed by atoms with Gasteiger partial charge in [-0.25, -0.2) is 0 Å². The molecule has 0 unspecified atom stereocenters. The van der Waals surface area contributed by atoms with Gasteiger partial charge in [0.1, 0.15) is 0 Å². The summed E-state index contributed by atoms with van der Waals surface area (Å²) in [5.41, 5.74) is 15.8. The van der Waals surface area contributed by atoms with Gasteiger partial charge in [-0.15, -0.1) is 0 Å². The molecule has 0 amide bonds. The van der Waals surface area contributed by atoms with Gasteiger partial charge >= 0.3 is 0 Å². The fourth-order valence-corrected chi connectivity index (χ4v) is 2.18. The third-order valence-electron chi connectivity index (χ3n) is 3.22. The molecule has 6 N–H and O–H groups in total. The van der Waals surface area contributed by atoms with E-state index in [1.165, 1.54) is 0 Å². The molecule has 4 nitrogen and oxygen atoms in total. The van der Waals surface area contributed by atoms with Gasteiger partial charge in [-0.05, 0) is 30.2 Å². The Morgan fingerprint density at radius 1 is 0.800 bits per heavy atom. The highest BCUT2D eigenvalue weighted by atomic mass is 15.1. The van der Waals surface area contributed by atoms with E-state index >= 15 is 0 Å². The Morgan fingerprint density at radius 2 is 1.20 bits per heavy atom. The average molecular weight is 270 g/mol. The maximum absolute atomic E-state index is 5.75. The standard InChI is InChI=1S/C16H22N4/c1-12(19-15-8-4-2-6-13(15)10-17)20-16-9-5-3-7-14(16)11-18/h2-9,12,19-20H,10-11,17-18H2,1H3. The molecule has 0 aliphatic rings. The molecule has 0 aliphatic heterocycles. The Labute approximate surface area is 120 Å². The molecule has 0 bridgehead atoms. The topological polar surface area (TPSA) is 76.1 Å². The first-order chi connectivity index (χ1) is 9.74. The fourth-order valence-electron chi connectivity index (χ4n) is 2.18. The van der Waals surface area contributed by atoms with Crippen LogP contribution in [0.25, 0.3) is 0 Å². The molecule has 106 valence electrons. The quantitative estimate of drug-likeness (QED) is 0.608. The van der Waals surface area contributed by atoms with Crippen LogP contribution in [-0.4, -0.2) is 6.17 Å². The zero-order chi connectivity index (χ0) is 14.4. The van der Waals surface area contributed by atoms with E-state index < -0.39 is 0 Å². The lowest BCUT2D eigenvalue weighted by atomic mass is 10.1. The highest BCUT2D eigenvalue weighted by molar-refractivity contribution is 5.56. The monoisotopic (exact) mass is 270 g/mol. The summed E-state index contributed by atoms with van der Waals surface area (Å²) in [7, 11) is 0. The second kappa shape index (κ2) is 6.93. The molecule has 0 aromatic heterocycles. The fraction of sp³-hybridized carbons (Fsp3) is 0.250. The van der Waals surface area contributed by atoms with Gasteiger partial charge in [0, 0.05) is 24.5 Å². The van der Waals surface area contributed by atoms with E-state index in [1.807, 2.05) is 48.5 Å². The van der Waals surface area contributed by atoms with Gasteiger partial charge in [-0.3, -0.25) is 0 Å². The first-order valence-electron chi connectivity index (χ1n) is 6.83. The smallest absolute Gasteiger partial charge is 0.0934 e. The number of benzene rings is 2. The molecular formula is C16H22N4. The molecule has 0 heterocycles. The molecule has 0 saturated heterocycles. The molecule has 0 atom stereocenters. The Bertz CT molecular complexity index is 504. The number of hydrogen-bond acceptors (Lipinski definition) is 4. The Balaban J connectivity index is 2.07. The van der Waals surface area contributed by atoms with Gasteiger partial charge in [-0.1, -0.05) is 36.4 Å². The van der Waals surface area contributed by atoms with Crippen LogP contribution >= 0.6 is 0 Å². The van der Waals surface area contributed by atoms with Crippen molar-refractivity contribution in [1.29, 1.82) is 0 Å². The summed E-state index contributed by atoms with van der Waals surface area (Å²) in [6.45, 7) is 3.12. The first-order valence-corrected chi connectivity index (χ1v) is 6.83. The van der Waals surface area contributed by atoms with Gasteiger partial charge in [0.2, 0.25) is 0 Å². The highest BCUT2D eigenvalue weighted by Crippen LogP contribution is 2.18. The molecule has 0 radical (unpaired) electrons. The summed E-state index contributed by atoms with van der Waals surface area (Å²) >= 11 is 0. The minimum atomic E-state index is 0.0791. The molecule has 2 aromatic carbocycles.